The van der Waals surface area contributed by atoms with Crippen molar-refractivity contribution in [1.82, 2.24) is 0 Å². The Bertz CT molecular complexity index is 573. The molecule has 0 aliphatic carbocycles. The average molecular weight is 244 g/mol. The summed E-state index contributed by atoms with van der Waals surface area (Å²) in [7, 11) is 0. The van der Waals surface area contributed by atoms with Gasteiger partial charge in [-0.2, -0.15) is 0 Å². The van der Waals surface area contributed by atoms with Gasteiger partial charge in [0.2, 0.25) is 6.41 Å². The monoisotopic (exact) mass is 244 g/mol. The molecule has 6 heteroatoms. The molecular formula is C10H9KN2O3. The van der Waals surface area contributed by atoms with Gasteiger partial charge in [-0.25, -0.2) is 15.6 Å². The molecule has 0 radical (unpaired) electrons. The summed E-state index contributed by atoms with van der Waals surface area (Å²) in [4.78, 5) is 21.8. The fourth-order valence-corrected chi connectivity index (χ4v) is 1.29. The summed E-state index contributed by atoms with van der Waals surface area (Å²) in [5, 5.41) is 1.41. The molecule has 2 rings (SSSR count). The van der Waals surface area contributed by atoms with E-state index < -0.39 is 5.63 Å². The largest absolute Gasteiger partial charge is 1.00 e. The Labute approximate surface area is 135 Å². The molecule has 0 spiro atoms. The van der Waals surface area contributed by atoms with Gasteiger partial charge in [-0.15, -0.1) is 0 Å². The molecule has 16 heavy (non-hydrogen) atoms. The number of anilines is 1. The molecule has 1 amide bonds. The summed E-state index contributed by atoms with van der Waals surface area (Å²) in [5.41, 5.74) is -0.155. The van der Waals surface area contributed by atoms with E-state index in [1.54, 1.807) is 24.3 Å². The van der Waals surface area contributed by atoms with Crippen LogP contribution in [0, 0.1) is 0 Å². The van der Waals surface area contributed by atoms with Crippen LogP contribution in [0.15, 0.2) is 39.5 Å². The SMILES string of the molecule is NN(C=O)c1cc2ccccc2oc1=O.[H-].[K+]. The van der Waals surface area contributed by atoms with Gasteiger partial charge in [0, 0.05) is 5.39 Å². The van der Waals surface area contributed by atoms with Gasteiger partial charge >= 0.3 is 57.0 Å². The van der Waals surface area contributed by atoms with E-state index in [1.807, 2.05) is 0 Å². The number of para-hydroxylation sites is 1. The van der Waals surface area contributed by atoms with Crippen LogP contribution < -0.4 is 67.9 Å². The van der Waals surface area contributed by atoms with Crippen LogP contribution in [0.2, 0.25) is 0 Å². The van der Waals surface area contributed by atoms with Crippen LogP contribution in [0.4, 0.5) is 5.69 Å². The normalized spacial score (nSPS) is 9.56. The Hall–Kier alpha value is -0.504. The summed E-state index contributed by atoms with van der Waals surface area (Å²) < 4.78 is 4.98. The second-order valence-electron chi connectivity index (χ2n) is 2.97. The quantitative estimate of drug-likeness (QED) is 0.162. The molecule has 0 saturated carbocycles. The summed E-state index contributed by atoms with van der Waals surface area (Å²) in [6.07, 6.45) is 0.348. The number of hydrogen-bond acceptors (Lipinski definition) is 4. The Morgan fingerprint density at radius 3 is 2.75 bits per heavy atom. The van der Waals surface area contributed by atoms with E-state index >= 15 is 0 Å². The van der Waals surface area contributed by atoms with E-state index in [0.29, 0.717) is 22.4 Å². The Kier molecular flexibility index (Phi) is 4.84. The number of fused-ring (bicyclic) bond motifs is 1. The molecule has 0 bridgehead atoms. The fourth-order valence-electron chi connectivity index (χ4n) is 1.29. The van der Waals surface area contributed by atoms with Gasteiger partial charge in [0.1, 0.15) is 11.3 Å². The molecule has 0 unspecified atom stereocenters. The zero-order chi connectivity index (χ0) is 10.8. The second kappa shape index (κ2) is 5.71. The number of nitrogens with two attached hydrogens (primary N) is 1. The van der Waals surface area contributed by atoms with Gasteiger partial charge in [-0.05, 0) is 12.1 Å². The molecule has 1 aromatic carbocycles. The first-order valence-electron chi connectivity index (χ1n) is 4.24. The predicted octanol–water partition coefficient (Wildman–Crippen LogP) is -2.25. The van der Waals surface area contributed by atoms with Crippen LogP contribution in [0.1, 0.15) is 1.43 Å². The van der Waals surface area contributed by atoms with Crippen molar-refractivity contribution in [3.05, 3.63) is 40.8 Å². The first-order valence-corrected chi connectivity index (χ1v) is 4.24. The number of hydrazine groups is 1. The van der Waals surface area contributed by atoms with Gasteiger partial charge in [0.25, 0.3) is 0 Å². The van der Waals surface area contributed by atoms with E-state index in [-0.39, 0.29) is 58.5 Å². The third-order valence-corrected chi connectivity index (χ3v) is 2.01. The number of hydrogen-bond donors (Lipinski definition) is 1. The van der Waals surface area contributed by atoms with Crippen molar-refractivity contribution in [2.24, 2.45) is 5.84 Å². The second-order valence-corrected chi connectivity index (χ2v) is 2.97. The number of benzene rings is 1. The van der Waals surface area contributed by atoms with E-state index in [1.165, 1.54) is 6.07 Å². The molecule has 2 N–H and O–H groups in total. The van der Waals surface area contributed by atoms with Crippen molar-refractivity contribution in [1.29, 1.82) is 0 Å². The molecule has 0 fully saturated rings. The van der Waals surface area contributed by atoms with Crippen LogP contribution in [0.3, 0.4) is 0 Å². The molecule has 0 aliphatic rings. The molecule has 0 atom stereocenters. The van der Waals surface area contributed by atoms with Gasteiger partial charge in [0.15, 0.2) is 0 Å². The molecule has 0 aliphatic heterocycles. The van der Waals surface area contributed by atoms with Gasteiger partial charge in [-0.3, -0.25) is 4.79 Å². The molecule has 0 saturated heterocycles. The van der Waals surface area contributed by atoms with E-state index in [2.05, 4.69) is 0 Å². The van der Waals surface area contributed by atoms with E-state index in [9.17, 15) is 9.59 Å². The van der Waals surface area contributed by atoms with Crippen molar-refractivity contribution in [2.75, 3.05) is 5.01 Å². The number of carbonyl (C=O) groups is 1. The predicted molar refractivity (Wildman–Crippen MR) is 56.3 cm³/mol. The molecule has 1 aromatic heterocycles. The average Bonchev–Trinajstić information content (AvgIpc) is 2.27. The molecular weight excluding hydrogens is 235 g/mol. The van der Waals surface area contributed by atoms with Crippen LogP contribution in [0.5, 0.6) is 0 Å². The van der Waals surface area contributed by atoms with Gasteiger partial charge in [-0.1, -0.05) is 18.2 Å². The maximum Gasteiger partial charge on any atom is 1.00 e. The van der Waals surface area contributed by atoms with Crippen LogP contribution in [0.25, 0.3) is 11.0 Å². The topological polar surface area (TPSA) is 76.5 Å². The van der Waals surface area contributed by atoms with Crippen molar-refractivity contribution in [3.8, 4) is 0 Å². The van der Waals surface area contributed by atoms with Crippen molar-refractivity contribution < 1.29 is 62.0 Å². The van der Waals surface area contributed by atoms with Crippen molar-refractivity contribution in [3.63, 3.8) is 0 Å². The van der Waals surface area contributed by atoms with Crippen molar-refractivity contribution in [2.45, 2.75) is 0 Å². The maximum absolute atomic E-state index is 11.4. The fraction of sp³-hybridized carbons (Fsp3) is 0. The minimum Gasteiger partial charge on any atom is -1.00 e. The maximum atomic E-state index is 11.4. The molecule has 1 heterocycles. The van der Waals surface area contributed by atoms with E-state index in [4.69, 9.17) is 10.3 Å². The Morgan fingerprint density at radius 1 is 1.38 bits per heavy atom. The van der Waals surface area contributed by atoms with Crippen LogP contribution in [-0.2, 0) is 4.79 Å². The molecule has 2 aromatic rings. The zero-order valence-electron chi connectivity index (χ0n) is 9.71. The summed E-state index contributed by atoms with van der Waals surface area (Å²) in [5.74, 6) is 5.29. The molecule has 78 valence electrons. The third-order valence-electron chi connectivity index (χ3n) is 2.01. The van der Waals surface area contributed by atoms with E-state index in [0.717, 1.165) is 0 Å². The van der Waals surface area contributed by atoms with Crippen molar-refractivity contribution >= 4 is 23.1 Å². The summed E-state index contributed by atoms with van der Waals surface area (Å²) in [6, 6.07) is 8.50. The zero-order valence-corrected chi connectivity index (χ0v) is 11.8. The molecule has 5 nitrogen and oxygen atoms in total. The number of rotatable bonds is 2. The Balaban J connectivity index is 0.00000128. The first kappa shape index (κ1) is 13.6. The number of amides is 1. The van der Waals surface area contributed by atoms with Crippen LogP contribution in [-0.4, -0.2) is 6.41 Å². The smallest absolute Gasteiger partial charge is 1.00 e. The number of carbonyl (C=O) groups excluding carboxylic acids is 1. The van der Waals surface area contributed by atoms with Gasteiger partial charge < -0.3 is 5.84 Å². The van der Waals surface area contributed by atoms with Crippen LogP contribution >= 0.6 is 0 Å². The summed E-state index contributed by atoms with van der Waals surface area (Å²) >= 11 is 0. The standard InChI is InChI=1S/C10H8N2O3.K.H/c11-12(6-13)8-5-7-3-1-2-4-9(7)15-10(8)14;;/h1-6H,11H2;;/q;+1;-1. The number of nitrogens with zero attached hydrogens (tertiary/aromatic N) is 1. The first-order chi connectivity index (χ1) is 7.22. The summed E-state index contributed by atoms with van der Waals surface area (Å²) in [6.45, 7) is 0. The van der Waals surface area contributed by atoms with Gasteiger partial charge in [0.05, 0.1) is 0 Å². The third kappa shape index (κ3) is 2.60. The minimum atomic E-state index is -0.636. The Morgan fingerprint density at radius 2 is 2.06 bits per heavy atom. The minimum absolute atomic E-state index is 0.